The minimum absolute atomic E-state index is 0.00396. The third-order valence-corrected chi connectivity index (χ3v) is 15.9. The van der Waals surface area contributed by atoms with Crippen molar-refractivity contribution in [3.05, 3.63) is 70.3 Å². The summed E-state index contributed by atoms with van der Waals surface area (Å²) in [6.45, 7) is 9.40. The molecule has 1 aliphatic carbocycles. The van der Waals surface area contributed by atoms with Crippen LogP contribution in [0.25, 0.3) is 0 Å². The summed E-state index contributed by atoms with van der Waals surface area (Å²) in [5.74, 6) is -1.94. The molecule has 0 saturated carbocycles. The van der Waals surface area contributed by atoms with Crippen LogP contribution < -0.4 is 10.2 Å². The van der Waals surface area contributed by atoms with Crippen molar-refractivity contribution in [3.63, 3.8) is 0 Å². The molecule has 342 valence electrons. The standard InChI is InChI=1S/C41H61N3O13S4/c1-5-42-39(46)18-10-7-12-24-43-35-22-20-32(61(55,56)57)29-33(35)40(2,3)37(43)16-8-6-9-17-38-41(4,23-11-14-26-59(49,50)51)34-28-31(58(47,48)30-45)19-21-36(34)44(38)25-13-15-27-60(52,53)54/h6,8-9,17,20,22,28-29,37,45H,5,7,10-16,18-19,21,23-27,30H2,1-4H3,(H3-,42,46,49,50,51,52,53,54,55,56,57)/p+1/b8-6+,17-9+. The van der Waals surface area contributed by atoms with Gasteiger partial charge in [-0.1, -0.05) is 44.9 Å². The van der Waals surface area contributed by atoms with E-state index in [9.17, 15) is 57.2 Å². The number of hydrogen-bond acceptors (Lipinski definition) is 11. The summed E-state index contributed by atoms with van der Waals surface area (Å²) in [7, 11) is -16.8. The molecule has 2 heterocycles. The Hall–Kier alpha value is -3.24. The van der Waals surface area contributed by atoms with Crippen LogP contribution in [0, 0.1) is 5.41 Å². The van der Waals surface area contributed by atoms with Crippen LogP contribution in [0.15, 0.2) is 69.6 Å². The quantitative estimate of drug-likeness (QED) is 0.0392. The van der Waals surface area contributed by atoms with Crippen LogP contribution in [0.4, 0.5) is 5.69 Å². The average molecular weight is 933 g/mol. The van der Waals surface area contributed by atoms with Crippen LogP contribution in [0.2, 0.25) is 0 Å². The van der Waals surface area contributed by atoms with Crippen LogP contribution in [0.3, 0.4) is 0 Å². The molecule has 16 nitrogen and oxygen atoms in total. The first kappa shape index (κ1) is 50.4. The van der Waals surface area contributed by atoms with Gasteiger partial charge in [-0.3, -0.25) is 18.5 Å². The van der Waals surface area contributed by atoms with Crippen molar-refractivity contribution in [2.75, 3.05) is 42.0 Å². The zero-order chi connectivity index (χ0) is 45.4. The molecule has 0 radical (unpaired) electrons. The van der Waals surface area contributed by atoms with Crippen molar-refractivity contribution in [1.29, 1.82) is 0 Å². The van der Waals surface area contributed by atoms with E-state index in [0.29, 0.717) is 63.7 Å². The number of hydrogen-bond donors (Lipinski definition) is 5. The molecule has 0 fully saturated rings. The van der Waals surface area contributed by atoms with Gasteiger partial charge in [0.05, 0.1) is 21.8 Å². The number of carbonyl (C=O) groups excluding carboxylic acids is 1. The Balaban J connectivity index is 1.68. The van der Waals surface area contributed by atoms with Gasteiger partial charge in [-0.25, -0.2) is 8.42 Å². The molecule has 4 rings (SSSR count). The summed E-state index contributed by atoms with van der Waals surface area (Å²) < 4.78 is 127. The lowest BCUT2D eigenvalue weighted by atomic mass is 9.73. The Kier molecular flexibility index (Phi) is 16.9. The van der Waals surface area contributed by atoms with E-state index in [1.54, 1.807) is 12.1 Å². The third-order valence-electron chi connectivity index (χ3n) is 11.9. The van der Waals surface area contributed by atoms with Gasteiger partial charge in [0.1, 0.15) is 12.5 Å². The summed E-state index contributed by atoms with van der Waals surface area (Å²) >= 11 is 0. The van der Waals surface area contributed by atoms with Crippen molar-refractivity contribution in [2.24, 2.45) is 5.41 Å². The first-order valence-corrected chi connectivity index (χ1v) is 27.0. The van der Waals surface area contributed by atoms with Gasteiger partial charge in [-0.05, 0) is 88.6 Å². The van der Waals surface area contributed by atoms with E-state index >= 15 is 0 Å². The zero-order valence-electron chi connectivity index (χ0n) is 35.4. The van der Waals surface area contributed by atoms with Crippen LogP contribution >= 0.6 is 0 Å². The summed E-state index contributed by atoms with van der Waals surface area (Å²) in [4.78, 5) is 14.1. The Morgan fingerprint density at radius 1 is 0.885 bits per heavy atom. The smallest absolute Gasteiger partial charge is 0.294 e. The summed E-state index contributed by atoms with van der Waals surface area (Å²) in [6, 6.07) is 4.52. The van der Waals surface area contributed by atoms with Gasteiger partial charge in [0.2, 0.25) is 5.91 Å². The number of rotatable bonds is 24. The van der Waals surface area contributed by atoms with Gasteiger partial charge in [-0.2, -0.15) is 29.8 Å². The second-order valence-corrected chi connectivity index (χ2v) is 23.3. The van der Waals surface area contributed by atoms with Gasteiger partial charge >= 0.3 is 0 Å². The number of carbonyl (C=O) groups is 1. The normalized spacial score (nSPS) is 20.8. The number of aliphatic hydroxyl groups excluding tert-OH is 1. The van der Waals surface area contributed by atoms with Crippen molar-refractivity contribution < 1.29 is 61.8 Å². The maximum Gasteiger partial charge on any atom is 0.294 e. The SMILES string of the molecule is CCNC(=O)CCCCCN1c2ccc(S(=O)(=O)O)cc2C(C)(C)C1C/C=C/C=C/C1=[N+](CCCCS(=O)(=O)O)C2=C(C=C(S(=O)(=O)CO)CC2)C1(C)CCCCS(=O)(=O)O. The lowest BCUT2D eigenvalue weighted by molar-refractivity contribution is -0.478. The van der Waals surface area contributed by atoms with Crippen molar-refractivity contribution >= 4 is 57.5 Å². The first-order valence-electron chi connectivity index (χ1n) is 20.7. The first-order chi connectivity index (χ1) is 28.4. The fourth-order valence-electron chi connectivity index (χ4n) is 8.81. The second-order valence-electron chi connectivity index (χ2n) is 16.7. The summed E-state index contributed by atoms with van der Waals surface area (Å²) in [5, 5.41) is 12.5. The lowest BCUT2D eigenvalue weighted by Gasteiger charge is -2.34. The molecule has 61 heavy (non-hydrogen) atoms. The molecule has 0 aromatic heterocycles. The van der Waals surface area contributed by atoms with Crippen LogP contribution in [-0.2, 0) is 50.4 Å². The minimum atomic E-state index is -4.45. The Morgan fingerprint density at radius 2 is 1.56 bits per heavy atom. The molecule has 5 N–H and O–H groups in total. The topological polar surface area (TPSA) is 253 Å². The number of sulfone groups is 1. The molecular formula is C41H62N3O13S4+. The Bertz CT molecular complexity index is 2400. The van der Waals surface area contributed by atoms with Gasteiger partial charge in [0.15, 0.2) is 21.2 Å². The number of unbranched alkanes of at least 4 members (excludes halogenated alkanes) is 4. The predicted molar refractivity (Wildman–Crippen MR) is 235 cm³/mol. The highest BCUT2D eigenvalue weighted by Gasteiger charge is 2.50. The van der Waals surface area contributed by atoms with Crippen LogP contribution in [0.1, 0.15) is 110 Å². The van der Waals surface area contributed by atoms with E-state index in [1.165, 1.54) is 12.1 Å². The molecule has 1 amide bonds. The molecule has 1 aromatic rings. The number of nitrogens with one attached hydrogen (secondary N) is 1. The number of nitrogens with zero attached hydrogens (tertiary/aromatic N) is 2. The highest BCUT2D eigenvalue weighted by Crippen LogP contribution is 2.49. The van der Waals surface area contributed by atoms with Crippen LogP contribution in [-0.4, -0.2) is 112 Å². The van der Waals surface area contributed by atoms with E-state index in [1.807, 2.05) is 56.6 Å². The molecule has 3 aliphatic rings. The number of anilines is 1. The third kappa shape index (κ3) is 13.2. The number of allylic oxidation sites excluding steroid dienone is 7. The second kappa shape index (κ2) is 20.5. The summed E-state index contributed by atoms with van der Waals surface area (Å²) in [6.07, 6.45) is 14.3. The Morgan fingerprint density at radius 3 is 2.18 bits per heavy atom. The maximum absolute atomic E-state index is 12.9. The molecule has 2 atom stereocenters. The molecule has 20 heteroatoms. The molecule has 0 spiro atoms. The molecule has 0 saturated heterocycles. The predicted octanol–water partition coefficient (Wildman–Crippen LogP) is 5.09. The monoisotopic (exact) mass is 932 g/mol. The minimum Gasteiger partial charge on any atom is -0.380 e. The molecule has 2 aliphatic heterocycles. The molecule has 1 aromatic carbocycles. The largest absolute Gasteiger partial charge is 0.380 e. The van der Waals surface area contributed by atoms with E-state index in [2.05, 4.69) is 10.2 Å². The number of aliphatic hydroxyl groups is 1. The van der Waals surface area contributed by atoms with E-state index < -0.39 is 68.5 Å². The van der Waals surface area contributed by atoms with Gasteiger partial charge < -0.3 is 15.3 Å². The number of fused-ring (bicyclic) bond motifs is 1. The van der Waals surface area contributed by atoms with Crippen molar-refractivity contribution in [3.8, 4) is 0 Å². The molecule has 2 unspecified atom stereocenters. The van der Waals surface area contributed by atoms with Crippen molar-refractivity contribution in [1.82, 2.24) is 5.32 Å². The van der Waals surface area contributed by atoms with E-state index in [4.69, 9.17) is 0 Å². The van der Waals surface area contributed by atoms with Gasteiger partial charge in [0.25, 0.3) is 30.4 Å². The fraction of sp³-hybridized carbons (Fsp3) is 0.610. The van der Waals surface area contributed by atoms with Crippen LogP contribution in [0.5, 0.6) is 0 Å². The maximum atomic E-state index is 12.9. The average Bonchev–Trinajstić information content (AvgIpc) is 3.52. The summed E-state index contributed by atoms with van der Waals surface area (Å²) in [5.41, 5.74) is 2.51. The fourth-order valence-corrected chi connectivity index (χ4v) is 11.3. The lowest BCUT2D eigenvalue weighted by Crippen LogP contribution is -2.41. The highest BCUT2D eigenvalue weighted by atomic mass is 32.2. The van der Waals surface area contributed by atoms with Gasteiger partial charge in [-0.15, -0.1) is 0 Å². The van der Waals surface area contributed by atoms with Gasteiger partial charge in [0, 0.05) is 66.1 Å². The van der Waals surface area contributed by atoms with E-state index in [-0.39, 0.29) is 41.0 Å². The zero-order valence-corrected chi connectivity index (χ0v) is 38.7. The van der Waals surface area contributed by atoms with Crippen molar-refractivity contribution in [2.45, 2.75) is 121 Å². The number of benzene rings is 1. The molecule has 0 bridgehead atoms. The number of amides is 1. The molecular weight excluding hydrogens is 871 g/mol. The Labute approximate surface area is 361 Å². The highest BCUT2D eigenvalue weighted by molar-refractivity contribution is 7.95. The van der Waals surface area contributed by atoms with E-state index in [0.717, 1.165) is 41.9 Å².